The summed E-state index contributed by atoms with van der Waals surface area (Å²) in [6.45, 7) is 13.4. The molecule has 2 aromatic rings. The summed E-state index contributed by atoms with van der Waals surface area (Å²) in [6.07, 6.45) is 0. The van der Waals surface area contributed by atoms with Gasteiger partial charge in [-0.15, -0.1) is 0 Å². The van der Waals surface area contributed by atoms with Gasteiger partial charge in [-0.25, -0.2) is 4.98 Å². The molecule has 0 unspecified atom stereocenters. The lowest BCUT2D eigenvalue weighted by Gasteiger charge is -2.46. The van der Waals surface area contributed by atoms with E-state index in [1.54, 1.807) is 0 Å². The summed E-state index contributed by atoms with van der Waals surface area (Å²) < 4.78 is 7.60. The maximum absolute atomic E-state index is 11.4. The molecule has 4 heterocycles. The number of nitrogens with zero attached hydrogens (tertiary/aromatic N) is 7. The summed E-state index contributed by atoms with van der Waals surface area (Å²) in [5.41, 5.74) is 6.83. The molecule has 0 atom stereocenters. The Morgan fingerprint density at radius 3 is 2.55 bits per heavy atom. The van der Waals surface area contributed by atoms with Crippen molar-refractivity contribution in [3.8, 4) is 0 Å². The number of amides is 1. The Labute approximate surface area is 187 Å². The molecular formula is C20H31ClN8O2. The van der Waals surface area contributed by atoms with E-state index in [9.17, 15) is 4.79 Å². The third kappa shape index (κ3) is 4.62. The smallest absolute Gasteiger partial charge is 0.231 e. The number of nitrogens with two attached hydrogens (primary N) is 1. The highest BCUT2D eigenvalue weighted by Gasteiger charge is 2.35. The molecule has 0 saturated carbocycles. The molecule has 10 nitrogen and oxygen atoms in total. The summed E-state index contributed by atoms with van der Waals surface area (Å²) in [5.74, 6) is 1.43. The largest absolute Gasteiger partial charge is 0.378 e. The first-order chi connectivity index (χ1) is 14.8. The van der Waals surface area contributed by atoms with Crippen LogP contribution in [-0.4, -0.2) is 93.2 Å². The van der Waals surface area contributed by atoms with Gasteiger partial charge in [-0.3, -0.25) is 14.6 Å². The fraction of sp³-hybridized carbons (Fsp3) is 0.700. The molecule has 2 saturated heterocycles. The number of fused-ring (bicyclic) bond motifs is 1. The molecule has 1 amide bonds. The standard InChI is InChI=1S/C20H31ClN8O2/c1-4-29-15(12-26-5-6-28(11-14(22)30)20(2,3)13-26)23-16-17(24-19(21)25-18(16)29)27-7-9-31-10-8-27/h4-13H2,1-3H3,(H2,22,30). The number of primary amides is 1. The summed E-state index contributed by atoms with van der Waals surface area (Å²) in [6, 6.07) is 0. The number of imidazole rings is 1. The molecule has 2 aromatic heterocycles. The van der Waals surface area contributed by atoms with Crippen LogP contribution in [-0.2, 0) is 22.6 Å². The lowest BCUT2D eigenvalue weighted by Crippen LogP contribution is -2.60. The second-order valence-electron chi connectivity index (χ2n) is 8.77. The van der Waals surface area contributed by atoms with Gasteiger partial charge in [-0.05, 0) is 32.4 Å². The van der Waals surface area contributed by atoms with Crippen LogP contribution >= 0.6 is 11.6 Å². The van der Waals surface area contributed by atoms with Gasteiger partial charge in [0.25, 0.3) is 0 Å². The van der Waals surface area contributed by atoms with E-state index in [0.717, 1.165) is 62.1 Å². The van der Waals surface area contributed by atoms with Gasteiger partial charge in [0, 0.05) is 44.8 Å². The molecule has 0 aromatic carbocycles. The fourth-order valence-corrected chi connectivity index (χ4v) is 4.72. The SMILES string of the molecule is CCn1c(CN2CCN(CC(N)=O)C(C)(C)C2)nc2c(N3CCOCC3)nc(Cl)nc21. The summed E-state index contributed by atoms with van der Waals surface area (Å²) in [4.78, 5) is 32.1. The van der Waals surface area contributed by atoms with Gasteiger partial charge in [0.15, 0.2) is 17.0 Å². The Hall–Kier alpha value is -2.01. The highest BCUT2D eigenvalue weighted by molar-refractivity contribution is 6.28. The van der Waals surface area contributed by atoms with Crippen molar-refractivity contribution in [3.63, 3.8) is 0 Å². The van der Waals surface area contributed by atoms with E-state index in [0.29, 0.717) is 19.8 Å². The highest BCUT2D eigenvalue weighted by Crippen LogP contribution is 2.28. The van der Waals surface area contributed by atoms with Crippen molar-refractivity contribution in [1.82, 2.24) is 29.3 Å². The summed E-state index contributed by atoms with van der Waals surface area (Å²) in [5, 5.41) is 0.233. The van der Waals surface area contributed by atoms with Crippen LogP contribution in [0.2, 0.25) is 5.28 Å². The van der Waals surface area contributed by atoms with Gasteiger partial charge < -0.3 is 19.9 Å². The molecule has 2 aliphatic heterocycles. The van der Waals surface area contributed by atoms with Crippen molar-refractivity contribution < 1.29 is 9.53 Å². The highest BCUT2D eigenvalue weighted by atomic mass is 35.5. The number of aromatic nitrogens is 4. The number of hydrogen-bond acceptors (Lipinski definition) is 8. The van der Waals surface area contributed by atoms with Gasteiger partial charge >= 0.3 is 0 Å². The minimum atomic E-state index is -0.291. The normalized spacial score (nSPS) is 20.5. The van der Waals surface area contributed by atoms with E-state index in [2.05, 4.69) is 50.0 Å². The minimum absolute atomic E-state index is 0.154. The number of hydrogen-bond donors (Lipinski definition) is 1. The molecule has 11 heteroatoms. The Bertz CT molecular complexity index is 956. The second-order valence-corrected chi connectivity index (χ2v) is 9.11. The van der Waals surface area contributed by atoms with Crippen LogP contribution in [0.15, 0.2) is 0 Å². The van der Waals surface area contributed by atoms with Crippen LogP contribution in [0.1, 0.15) is 26.6 Å². The lowest BCUT2D eigenvalue weighted by atomic mass is 9.98. The van der Waals surface area contributed by atoms with E-state index < -0.39 is 0 Å². The number of aryl methyl sites for hydroxylation is 1. The Balaban J connectivity index is 1.62. The van der Waals surface area contributed by atoms with Gasteiger partial charge in [-0.2, -0.15) is 9.97 Å². The average molecular weight is 451 g/mol. The molecule has 0 aliphatic carbocycles. The Kier molecular flexibility index (Phi) is 6.34. The van der Waals surface area contributed by atoms with Gasteiger partial charge in [0.1, 0.15) is 5.82 Å². The molecule has 2 aliphatic rings. The second kappa shape index (κ2) is 8.85. The van der Waals surface area contributed by atoms with Crippen molar-refractivity contribution in [2.45, 2.75) is 39.4 Å². The monoisotopic (exact) mass is 450 g/mol. The quantitative estimate of drug-likeness (QED) is 0.641. The summed E-state index contributed by atoms with van der Waals surface area (Å²) >= 11 is 6.29. The van der Waals surface area contributed by atoms with E-state index in [1.807, 2.05) is 0 Å². The zero-order valence-electron chi connectivity index (χ0n) is 18.5. The van der Waals surface area contributed by atoms with Crippen LogP contribution in [0.3, 0.4) is 0 Å². The molecule has 4 rings (SSSR count). The van der Waals surface area contributed by atoms with Crippen molar-refractivity contribution >= 4 is 34.5 Å². The number of piperazine rings is 1. The van der Waals surface area contributed by atoms with E-state index in [-0.39, 0.29) is 23.3 Å². The zero-order chi connectivity index (χ0) is 22.2. The number of morpholine rings is 1. The van der Waals surface area contributed by atoms with Crippen LogP contribution in [0.5, 0.6) is 0 Å². The number of rotatable bonds is 6. The van der Waals surface area contributed by atoms with E-state index >= 15 is 0 Å². The van der Waals surface area contributed by atoms with Crippen LogP contribution < -0.4 is 10.6 Å². The Morgan fingerprint density at radius 2 is 1.90 bits per heavy atom. The summed E-state index contributed by atoms with van der Waals surface area (Å²) in [7, 11) is 0. The van der Waals surface area contributed by atoms with Gasteiger partial charge in [-0.1, -0.05) is 0 Å². The van der Waals surface area contributed by atoms with Crippen molar-refractivity contribution in [2.24, 2.45) is 5.73 Å². The molecule has 0 radical (unpaired) electrons. The van der Waals surface area contributed by atoms with Crippen molar-refractivity contribution in [3.05, 3.63) is 11.1 Å². The number of anilines is 1. The Morgan fingerprint density at radius 1 is 1.16 bits per heavy atom. The topological polar surface area (TPSA) is 106 Å². The molecule has 0 spiro atoms. The predicted octanol–water partition coefficient (Wildman–Crippen LogP) is 0.718. The maximum Gasteiger partial charge on any atom is 0.231 e. The van der Waals surface area contributed by atoms with Gasteiger partial charge in [0.2, 0.25) is 11.2 Å². The molecule has 170 valence electrons. The van der Waals surface area contributed by atoms with Crippen LogP contribution in [0.25, 0.3) is 11.2 Å². The zero-order valence-corrected chi connectivity index (χ0v) is 19.2. The third-order valence-corrected chi connectivity index (χ3v) is 6.29. The van der Waals surface area contributed by atoms with Crippen molar-refractivity contribution in [1.29, 1.82) is 0 Å². The van der Waals surface area contributed by atoms with Crippen LogP contribution in [0, 0.1) is 0 Å². The third-order valence-electron chi connectivity index (χ3n) is 6.12. The number of carbonyl (C=O) groups is 1. The van der Waals surface area contributed by atoms with Crippen molar-refractivity contribution in [2.75, 3.05) is 57.4 Å². The van der Waals surface area contributed by atoms with Gasteiger partial charge in [0.05, 0.1) is 26.3 Å². The fourth-order valence-electron chi connectivity index (χ4n) is 4.56. The predicted molar refractivity (Wildman–Crippen MR) is 119 cm³/mol. The molecule has 2 fully saturated rings. The van der Waals surface area contributed by atoms with E-state index in [4.69, 9.17) is 27.1 Å². The number of halogens is 1. The molecule has 2 N–H and O–H groups in total. The average Bonchev–Trinajstić information content (AvgIpc) is 3.06. The number of carbonyl (C=O) groups excluding carboxylic acids is 1. The van der Waals surface area contributed by atoms with Crippen LogP contribution in [0.4, 0.5) is 5.82 Å². The lowest BCUT2D eigenvalue weighted by molar-refractivity contribution is -0.121. The van der Waals surface area contributed by atoms with E-state index in [1.165, 1.54) is 0 Å². The minimum Gasteiger partial charge on any atom is -0.378 e. The molecule has 0 bridgehead atoms. The number of ether oxygens (including phenoxy) is 1. The molecular weight excluding hydrogens is 420 g/mol. The molecule has 31 heavy (non-hydrogen) atoms. The maximum atomic E-state index is 11.4. The first kappa shape index (κ1) is 22.2. The first-order valence-electron chi connectivity index (χ1n) is 10.8. The first-order valence-corrected chi connectivity index (χ1v) is 11.2.